The third kappa shape index (κ3) is 5.01. The number of benzene rings is 1. The molecule has 1 unspecified atom stereocenters. The van der Waals surface area contributed by atoms with Crippen molar-refractivity contribution in [2.24, 2.45) is 0 Å². The minimum Gasteiger partial charge on any atom is -0.472 e. The lowest BCUT2D eigenvalue weighted by Crippen LogP contribution is -2.34. The normalized spacial score (nSPS) is 23.1. The van der Waals surface area contributed by atoms with E-state index in [0.717, 1.165) is 24.5 Å². The van der Waals surface area contributed by atoms with Gasteiger partial charge in [-0.25, -0.2) is 31.9 Å². The van der Waals surface area contributed by atoms with Crippen molar-refractivity contribution in [3.8, 4) is 17.1 Å². The zero-order chi connectivity index (χ0) is 25.4. The summed E-state index contributed by atoms with van der Waals surface area (Å²) in [6.07, 6.45) is -1.53. The number of rotatable bonds is 6. The van der Waals surface area contributed by atoms with Gasteiger partial charge < -0.3 is 19.3 Å². The third-order valence-electron chi connectivity index (χ3n) is 5.91. The summed E-state index contributed by atoms with van der Waals surface area (Å²) < 4.78 is 84.6. The number of nitrogens with one attached hydrogen (secondary N) is 1. The lowest BCUT2D eigenvalue weighted by atomic mass is 9.94. The van der Waals surface area contributed by atoms with E-state index in [4.69, 9.17) is 14.0 Å². The highest BCUT2D eigenvalue weighted by molar-refractivity contribution is 6.04. The lowest BCUT2D eigenvalue weighted by molar-refractivity contribution is -0.146. The average molecular weight is 510 g/mol. The van der Waals surface area contributed by atoms with Crippen molar-refractivity contribution in [1.82, 2.24) is 15.1 Å². The van der Waals surface area contributed by atoms with Crippen LogP contribution in [0.2, 0.25) is 0 Å². The van der Waals surface area contributed by atoms with Crippen molar-refractivity contribution >= 4 is 11.6 Å². The van der Waals surface area contributed by atoms with Gasteiger partial charge in [-0.15, -0.1) is 0 Å². The van der Waals surface area contributed by atoms with Crippen LogP contribution < -0.4 is 10.1 Å². The molecule has 190 valence electrons. The zero-order valence-electron chi connectivity index (χ0n) is 18.5. The Balaban J connectivity index is 1.47. The summed E-state index contributed by atoms with van der Waals surface area (Å²) in [7, 11) is 0. The number of nitrogens with zero attached hydrogens (tertiary/aromatic N) is 3. The van der Waals surface area contributed by atoms with E-state index in [1.165, 1.54) is 6.07 Å². The Morgan fingerprint density at radius 1 is 1.17 bits per heavy atom. The van der Waals surface area contributed by atoms with Crippen molar-refractivity contribution in [3.05, 3.63) is 53.7 Å². The van der Waals surface area contributed by atoms with E-state index in [1.807, 2.05) is 0 Å². The molecule has 0 radical (unpaired) electrons. The average Bonchev–Trinajstić information content (AvgIpc) is 3.29. The van der Waals surface area contributed by atoms with Gasteiger partial charge >= 0.3 is 0 Å². The van der Waals surface area contributed by atoms with Gasteiger partial charge in [-0.05, 0) is 29.8 Å². The van der Waals surface area contributed by atoms with Gasteiger partial charge in [0.05, 0.1) is 17.4 Å². The number of carbonyl (C=O) groups is 1. The summed E-state index contributed by atoms with van der Waals surface area (Å²) in [5, 5.41) is 6.12. The molecule has 0 spiro atoms. The van der Waals surface area contributed by atoms with E-state index < -0.39 is 48.8 Å². The molecule has 3 heterocycles. The molecule has 1 saturated heterocycles. The number of aromatic nitrogens is 3. The molecular weight excluding hydrogens is 491 g/mol. The van der Waals surface area contributed by atoms with Gasteiger partial charge in [0, 0.05) is 24.8 Å². The van der Waals surface area contributed by atoms with Crippen LogP contribution in [0.4, 0.5) is 27.6 Å². The molecule has 1 aliphatic heterocycles. The minimum atomic E-state index is -3.02. The third-order valence-corrected chi connectivity index (χ3v) is 5.91. The van der Waals surface area contributed by atoms with Gasteiger partial charge in [-0.2, -0.15) is 0 Å². The van der Waals surface area contributed by atoms with Crippen molar-refractivity contribution in [2.45, 2.75) is 50.0 Å². The number of ether oxygens (including phenoxy) is 2. The molecule has 3 aromatic rings. The summed E-state index contributed by atoms with van der Waals surface area (Å²) in [5.41, 5.74) is -0.638. The summed E-state index contributed by atoms with van der Waals surface area (Å²) in [4.78, 5) is 21.1. The molecule has 1 N–H and O–H groups in total. The van der Waals surface area contributed by atoms with E-state index in [-0.39, 0.29) is 59.6 Å². The number of anilines is 1. The fourth-order valence-electron chi connectivity index (χ4n) is 3.95. The first-order valence-corrected chi connectivity index (χ1v) is 11.1. The second-order valence-electron chi connectivity index (χ2n) is 8.59. The van der Waals surface area contributed by atoms with E-state index >= 15 is 0 Å². The van der Waals surface area contributed by atoms with Crippen LogP contribution in [-0.2, 0) is 4.74 Å². The van der Waals surface area contributed by atoms with Gasteiger partial charge in [0.25, 0.3) is 17.7 Å². The smallest absolute Gasteiger partial charge is 0.294 e. The first kappa shape index (κ1) is 24.1. The topological polar surface area (TPSA) is 99.4 Å². The van der Waals surface area contributed by atoms with E-state index in [0.29, 0.717) is 0 Å². The van der Waals surface area contributed by atoms with Crippen molar-refractivity contribution in [3.63, 3.8) is 0 Å². The quantitative estimate of drug-likeness (QED) is 0.465. The monoisotopic (exact) mass is 510 g/mol. The molecule has 1 saturated carbocycles. The first-order valence-electron chi connectivity index (χ1n) is 11.1. The highest BCUT2D eigenvalue weighted by atomic mass is 19.3. The van der Waals surface area contributed by atoms with Gasteiger partial charge in [0.1, 0.15) is 48.6 Å². The van der Waals surface area contributed by atoms with Gasteiger partial charge in [0.2, 0.25) is 5.76 Å². The van der Waals surface area contributed by atoms with Gasteiger partial charge in [-0.3, -0.25) is 4.79 Å². The second-order valence-corrected chi connectivity index (χ2v) is 8.59. The number of carbonyl (C=O) groups excluding carboxylic acids is 1. The maximum Gasteiger partial charge on any atom is 0.294 e. The largest absolute Gasteiger partial charge is 0.472 e. The Bertz CT molecular complexity index is 1270. The SMILES string of the molecule is O=C(Nc1c(-c2cc(F)ccc2F)ncnc1C1CCC(F)(F)CO1)c1cc(O[C@H]2C[C@@H](F)C2)no1. The van der Waals surface area contributed by atoms with Gasteiger partial charge in [0.15, 0.2) is 0 Å². The predicted molar refractivity (Wildman–Crippen MR) is 113 cm³/mol. The second kappa shape index (κ2) is 9.45. The van der Waals surface area contributed by atoms with E-state index in [1.54, 1.807) is 0 Å². The molecule has 1 aromatic carbocycles. The molecule has 8 nitrogen and oxygen atoms in total. The molecule has 2 aromatic heterocycles. The molecule has 2 aliphatic rings. The summed E-state index contributed by atoms with van der Waals surface area (Å²) in [6.45, 7) is -0.873. The van der Waals surface area contributed by atoms with E-state index in [2.05, 4.69) is 20.4 Å². The molecule has 0 bridgehead atoms. The van der Waals surface area contributed by atoms with Crippen LogP contribution in [-0.4, -0.2) is 45.8 Å². The highest BCUT2D eigenvalue weighted by Gasteiger charge is 2.38. The molecule has 2 fully saturated rings. The van der Waals surface area contributed by atoms with Crippen molar-refractivity contribution in [2.75, 3.05) is 11.9 Å². The Kier molecular flexibility index (Phi) is 6.33. The Morgan fingerprint density at radius 3 is 2.69 bits per heavy atom. The molecule has 1 amide bonds. The predicted octanol–water partition coefficient (Wildman–Crippen LogP) is 5.03. The highest BCUT2D eigenvalue weighted by Crippen LogP contribution is 2.40. The fraction of sp³-hybridized carbons (Fsp3) is 0.391. The van der Waals surface area contributed by atoms with E-state index in [9.17, 15) is 26.7 Å². The summed E-state index contributed by atoms with van der Waals surface area (Å²) >= 11 is 0. The first-order chi connectivity index (χ1) is 17.2. The Labute approximate surface area is 200 Å². The van der Waals surface area contributed by atoms with Crippen LogP contribution in [0.15, 0.2) is 35.1 Å². The number of amides is 1. The van der Waals surface area contributed by atoms with Crippen LogP contribution >= 0.6 is 0 Å². The number of hydrogen-bond acceptors (Lipinski definition) is 7. The summed E-state index contributed by atoms with van der Waals surface area (Å²) in [6, 6.07) is 3.86. The minimum absolute atomic E-state index is 0.00644. The van der Waals surface area contributed by atoms with Crippen molar-refractivity contribution < 1.29 is 40.7 Å². The van der Waals surface area contributed by atoms with Crippen LogP contribution in [0.1, 0.15) is 48.0 Å². The maximum atomic E-state index is 14.6. The molecule has 5 rings (SSSR count). The van der Waals surface area contributed by atoms with Crippen molar-refractivity contribution in [1.29, 1.82) is 0 Å². The number of hydrogen-bond donors (Lipinski definition) is 1. The standard InChI is InChI=1S/C23H19F5N4O4/c24-11-1-2-15(26)14(7-11)19-21(20(30-10-29-19)16-3-4-23(27,28)9-34-16)31-22(33)17-8-18(32-36-17)35-13-5-12(25)6-13/h1-2,7-8,10,12-13,16H,3-6,9H2,(H,31,33)/t12-,13+,16?. The summed E-state index contributed by atoms with van der Waals surface area (Å²) in [5.74, 6) is -5.84. The maximum absolute atomic E-state index is 14.6. The number of alkyl halides is 3. The lowest BCUT2D eigenvalue weighted by Gasteiger charge is -2.29. The zero-order valence-corrected chi connectivity index (χ0v) is 18.5. The molecular formula is C23H19F5N4O4. The molecule has 1 aliphatic carbocycles. The van der Waals surface area contributed by atoms with Crippen LogP contribution in [0, 0.1) is 11.6 Å². The Morgan fingerprint density at radius 2 is 1.97 bits per heavy atom. The Hall–Kier alpha value is -3.61. The number of halogens is 5. The van der Waals surface area contributed by atoms with Gasteiger partial charge in [-0.1, -0.05) is 0 Å². The van der Waals surface area contributed by atoms with Crippen LogP contribution in [0.5, 0.6) is 5.88 Å². The fourth-order valence-corrected chi connectivity index (χ4v) is 3.95. The van der Waals surface area contributed by atoms with Crippen LogP contribution in [0.25, 0.3) is 11.3 Å². The molecule has 13 heteroatoms. The molecule has 1 atom stereocenters. The van der Waals surface area contributed by atoms with Crippen LogP contribution in [0.3, 0.4) is 0 Å². The molecule has 36 heavy (non-hydrogen) atoms.